The third-order valence-corrected chi connectivity index (χ3v) is 5.24. The Morgan fingerprint density at radius 2 is 2.38 bits per heavy atom. The quantitative estimate of drug-likeness (QED) is 0.627. The highest BCUT2D eigenvalue weighted by Gasteiger charge is 2.27. The molecule has 26 heavy (non-hydrogen) atoms. The van der Waals surface area contributed by atoms with E-state index in [1.54, 1.807) is 6.20 Å². The fourth-order valence-corrected chi connectivity index (χ4v) is 3.66. The predicted octanol–water partition coefficient (Wildman–Crippen LogP) is -0.223. The van der Waals surface area contributed by atoms with Crippen molar-refractivity contribution in [2.75, 3.05) is 53.0 Å². The topological polar surface area (TPSA) is 87.1 Å². The molecule has 0 bridgehead atoms. The fourth-order valence-electron chi connectivity index (χ4n) is 3.06. The van der Waals surface area contributed by atoms with Crippen LogP contribution >= 0.6 is 11.3 Å². The number of nitrogens with one attached hydrogen (secondary N) is 1. The van der Waals surface area contributed by atoms with Gasteiger partial charge in [0.15, 0.2) is 10.8 Å². The van der Waals surface area contributed by atoms with Crippen LogP contribution in [0.4, 0.5) is 0 Å². The van der Waals surface area contributed by atoms with Crippen molar-refractivity contribution < 1.29 is 14.3 Å². The van der Waals surface area contributed by atoms with Gasteiger partial charge in [-0.25, -0.2) is 4.98 Å². The minimum atomic E-state index is 0.165. The third-order valence-electron chi connectivity index (χ3n) is 4.46. The minimum absolute atomic E-state index is 0.165. The Morgan fingerprint density at radius 3 is 3.12 bits per heavy atom. The van der Waals surface area contributed by atoms with Gasteiger partial charge in [0.25, 0.3) is 0 Å². The van der Waals surface area contributed by atoms with E-state index in [-0.39, 0.29) is 6.04 Å². The molecule has 0 aliphatic carbocycles. The van der Waals surface area contributed by atoms with E-state index < -0.39 is 0 Å². The standard InChI is InChI=1S/C17H23N5O3S/c1-21(3-5-23)9-14-12-25-6-4-22(14)10-15-13(11-24)8-19-16(20-15)17-18-2-7-26-17/h2,5,7,11,14H,3-4,6,8-10,12H2,1H3,(H,19,20). The molecular formula is C17H23N5O3S. The van der Waals surface area contributed by atoms with Crippen LogP contribution in [-0.4, -0.2) is 92.2 Å². The summed E-state index contributed by atoms with van der Waals surface area (Å²) in [5.74, 6) is 0.712. The highest BCUT2D eigenvalue weighted by Crippen LogP contribution is 2.16. The molecular weight excluding hydrogens is 354 g/mol. The molecule has 2 aliphatic rings. The largest absolute Gasteiger partial charge is 0.378 e. The summed E-state index contributed by atoms with van der Waals surface area (Å²) in [5, 5.41) is 6.02. The summed E-state index contributed by atoms with van der Waals surface area (Å²) in [6.07, 6.45) is 3.52. The van der Waals surface area contributed by atoms with Crippen molar-refractivity contribution in [2.45, 2.75) is 6.04 Å². The number of morpholine rings is 1. The van der Waals surface area contributed by atoms with Gasteiger partial charge >= 0.3 is 0 Å². The molecule has 0 saturated carbocycles. The number of ether oxygens (including phenoxy) is 1. The van der Waals surface area contributed by atoms with Crippen molar-refractivity contribution in [1.29, 1.82) is 0 Å². The normalized spacial score (nSPS) is 21.5. The molecule has 1 atom stereocenters. The second-order valence-electron chi connectivity index (χ2n) is 6.34. The molecule has 0 amide bonds. The molecule has 1 aromatic rings. The summed E-state index contributed by atoms with van der Waals surface area (Å²) in [6.45, 7) is 4.15. The average molecular weight is 377 g/mol. The average Bonchev–Trinajstić information content (AvgIpc) is 3.18. The van der Waals surface area contributed by atoms with Gasteiger partial charge in [-0.2, -0.15) is 0 Å². The van der Waals surface area contributed by atoms with Crippen LogP contribution in [0.5, 0.6) is 0 Å². The van der Waals surface area contributed by atoms with E-state index in [2.05, 4.69) is 20.2 Å². The molecule has 1 unspecified atom stereocenters. The molecule has 1 fully saturated rings. The molecule has 2 aliphatic heterocycles. The first-order valence-electron chi connectivity index (χ1n) is 8.53. The third kappa shape index (κ3) is 4.61. The smallest absolute Gasteiger partial charge is 0.162 e. The van der Waals surface area contributed by atoms with Gasteiger partial charge in [-0.15, -0.1) is 11.3 Å². The van der Waals surface area contributed by atoms with Gasteiger partial charge in [0, 0.05) is 48.5 Å². The zero-order valence-electron chi connectivity index (χ0n) is 14.8. The van der Waals surface area contributed by atoms with Gasteiger partial charge in [0.05, 0.1) is 26.3 Å². The van der Waals surface area contributed by atoms with E-state index in [0.717, 1.165) is 36.4 Å². The second kappa shape index (κ2) is 9.13. The number of nitrogens with zero attached hydrogens (tertiary/aromatic N) is 4. The second-order valence-corrected chi connectivity index (χ2v) is 7.23. The number of aldehydes is 2. The van der Waals surface area contributed by atoms with Crippen LogP contribution in [0, 0.1) is 0 Å². The summed E-state index contributed by atoms with van der Waals surface area (Å²) in [5.41, 5.74) is 1.53. The summed E-state index contributed by atoms with van der Waals surface area (Å²) in [7, 11) is 1.92. The Kier molecular flexibility index (Phi) is 6.62. The molecule has 0 aromatic carbocycles. The first-order valence-corrected chi connectivity index (χ1v) is 9.41. The van der Waals surface area contributed by atoms with Gasteiger partial charge in [0.2, 0.25) is 0 Å². The molecule has 3 heterocycles. The van der Waals surface area contributed by atoms with Crippen LogP contribution in [0.2, 0.25) is 0 Å². The Hall–Kier alpha value is -1.94. The summed E-state index contributed by atoms with van der Waals surface area (Å²) < 4.78 is 5.62. The van der Waals surface area contributed by atoms with Crippen LogP contribution in [-0.2, 0) is 14.3 Å². The Bertz CT molecular complexity index is 689. The van der Waals surface area contributed by atoms with Gasteiger partial charge in [-0.3, -0.25) is 19.6 Å². The number of rotatable bonds is 8. The van der Waals surface area contributed by atoms with Crippen molar-refractivity contribution in [2.24, 2.45) is 4.99 Å². The maximum Gasteiger partial charge on any atom is 0.162 e. The number of thiazole rings is 1. The monoisotopic (exact) mass is 377 g/mol. The lowest BCUT2D eigenvalue weighted by Crippen LogP contribution is -2.52. The molecule has 140 valence electrons. The van der Waals surface area contributed by atoms with Gasteiger partial charge in [-0.1, -0.05) is 0 Å². The lowest BCUT2D eigenvalue weighted by atomic mass is 10.1. The molecule has 1 saturated heterocycles. The maximum atomic E-state index is 11.5. The summed E-state index contributed by atoms with van der Waals surface area (Å²) in [4.78, 5) is 35.2. The highest BCUT2D eigenvalue weighted by atomic mass is 32.1. The number of hydrogen-bond acceptors (Lipinski definition) is 9. The SMILES string of the molecule is CN(CC=O)CC1COCCN1CC1=C(C=O)CN=C(c2nccs2)N1. The van der Waals surface area contributed by atoms with Crippen LogP contribution in [0.3, 0.4) is 0 Å². The van der Waals surface area contributed by atoms with E-state index in [0.29, 0.717) is 44.3 Å². The minimum Gasteiger partial charge on any atom is -0.378 e. The lowest BCUT2D eigenvalue weighted by molar-refractivity contribution is -0.109. The number of aromatic nitrogens is 1. The first kappa shape index (κ1) is 18.8. The van der Waals surface area contributed by atoms with Crippen LogP contribution in [0.15, 0.2) is 27.8 Å². The lowest BCUT2D eigenvalue weighted by Gasteiger charge is -2.38. The Labute approximate surface area is 156 Å². The maximum absolute atomic E-state index is 11.5. The van der Waals surface area contributed by atoms with E-state index >= 15 is 0 Å². The molecule has 8 nitrogen and oxygen atoms in total. The van der Waals surface area contributed by atoms with E-state index in [1.807, 2.05) is 17.3 Å². The van der Waals surface area contributed by atoms with Crippen molar-refractivity contribution in [3.05, 3.63) is 27.9 Å². The number of likely N-dealkylation sites (N-methyl/N-ethyl adjacent to an activating group) is 1. The first-order chi connectivity index (χ1) is 12.7. The highest BCUT2D eigenvalue weighted by molar-refractivity contribution is 7.11. The zero-order chi connectivity index (χ0) is 18.4. The number of hydrogen-bond donors (Lipinski definition) is 1. The van der Waals surface area contributed by atoms with Gasteiger partial charge < -0.3 is 14.8 Å². The number of amidine groups is 1. The number of carbonyl (C=O) groups excluding carboxylic acids is 2. The molecule has 1 N–H and O–H groups in total. The number of carbonyl (C=O) groups is 2. The Balaban J connectivity index is 1.70. The Morgan fingerprint density at radius 1 is 1.50 bits per heavy atom. The van der Waals surface area contributed by atoms with Crippen molar-refractivity contribution >= 4 is 29.7 Å². The van der Waals surface area contributed by atoms with E-state index in [9.17, 15) is 9.59 Å². The number of aliphatic imine (C=N–C) groups is 1. The molecule has 0 radical (unpaired) electrons. The van der Waals surface area contributed by atoms with Gasteiger partial charge in [-0.05, 0) is 7.05 Å². The predicted molar refractivity (Wildman–Crippen MR) is 99.5 cm³/mol. The van der Waals surface area contributed by atoms with Crippen LogP contribution in [0.1, 0.15) is 5.01 Å². The van der Waals surface area contributed by atoms with Crippen molar-refractivity contribution in [1.82, 2.24) is 20.1 Å². The van der Waals surface area contributed by atoms with E-state index in [4.69, 9.17) is 4.74 Å². The summed E-state index contributed by atoms with van der Waals surface area (Å²) >= 11 is 1.51. The molecule has 1 aromatic heterocycles. The fraction of sp³-hybridized carbons (Fsp3) is 0.529. The zero-order valence-corrected chi connectivity index (χ0v) is 15.6. The summed E-state index contributed by atoms with van der Waals surface area (Å²) in [6, 6.07) is 0.165. The van der Waals surface area contributed by atoms with Crippen LogP contribution < -0.4 is 5.32 Å². The molecule has 9 heteroatoms. The van der Waals surface area contributed by atoms with Crippen molar-refractivity contribution in [3.8, 4) is 0 Å². The molecule has 0 spiro atoms. The van der Waals surface area contributed by atoms with Gasteiger partial charge in [0.1, 0.15) is 12.6 Å². The molecule has 3 rings (SSSR count). The van der Waals surface area contributed by atoms with Crippen LogP contribution in [0.25, 0.3) is 0 Å². The van der Waals surface area contributed by atoms with Crippen molar-refractivity contribution in [3.63, 3.8) is 0 Å². The van der Waals surface area contributed by atoms with E-state index in [1.165, 1.54) is 11.3 Å².